The topological polar surface area (TPSA) is 80.8 Å². The van der Waals surface area contributed by atoms with Crippen LogP contribution in [0.3, 0.4) is 0 Å². The number of nitrogens with zero attached hydrogens (tertiary/aromatic N) is 3. The van der Waals surface area contributed by atoms with E-state index in [0.717, 1.165) is 41.1 Å². The number of benzene rings is 2. The summed E-state index contributed by atoms with van der Waals surface area (Å²) < 4.78 is 6.04. The largest absolute Gasteiger partial charge is 0.437 e. The standard InChI is InChI=1S/C23H20N4O2S/c28-21(22-26-18-3-1-2-4-19(18)27-22)16-5-7-17(8-6-16)29-23-20(24-11-12-25-23)15-9-13-30-14-10-15/h1-8,11-12,15H,9-10,13-14H2,(H,26,27). The van der Waals surface area contributed by atoms with Crippen LogP contribution in [0.4, 0.5) is 0 Å². The molecule has 0 aliphatic carbocycles. The summed E-state index contributed by atoms with van der Waals surface area (Å²) in [6, 6.07) is 14.7. The van der Waals surface area contributed by atoms with Crippen molar-refractivity contribution in [1.82, 2.24) is 19.9 Å². The Hall–Kier alpha value is -3.19. The van der Waals surface area contributed by atoms with Gasteiger partial charge < -0.3 is 9.72 Å². The molecule has 30 heavy (non-hydrogen) atoms. The van der Waals surface area contributed by atoms with E-state index in [1.165, 1.54) is 0 Å². The highest BCUT2D eigenvalue weighted by Crippen LogP contribution is 2.35. The second-order valence-electron chi connectivity index (χ2n) is 7.19. The van der Waals surface area contributed by atoms with Crippen molar-refractivity contribution in [3.8, 4) is 11.6 Å². The molecular weight excluding hydrogens is 396 g/mol. The van der Waals surface area contributed by atoms with Gasteiger partial charge in [-0.1, -0.05) is 12.1 Å². The summed E-state index contributed by atoms with van der Waals surface area (Å²) in [5, 5.41) is 0. The molecule has 0 unspecified atom stereocenters. The Labute approximate surface area is 178 Å². The predicted molar refractivity (Wildman–Crippen MR) is 117 cm³/mol. The van der Waals surface area contributed by atoms with Gasteiger partial charge >= 0.3 is 0 Å². The number of H-pyrrole nitrogens is 1. The monoisotopic (exact) mass is 416 g/mol. The van der Waals surface area contributed by atoms with Gasteiger partial charge in [0.25, 0.3) is 0 Å². The lowest BCUT2D eigenvalue weighted by molar-refractivity contribution is 0.103. The van der Waals surface area contributed by atoms with Crippen molar-refractivity contribution in [2.45, 2.75) is 18.8 Å². The van der Waals surface area contributed by atoms with E-state index in [9.17, 15) is 4.79 Å². The average molecular weight is 417 g/mol. The van der Waals surface area contributed by atoms with Gasteiger partial charge in [0.1, 0.15) is 11.4 Å². The lowest BCUT2D eigenvalue weighted by Crippen LogP contribution is -2.11. The molecule has 5 rings (SSSR count). The summed E-state index contributed by atoms with van der Waals surface area (Å²) in [6.07, 6.45) is 5.55. The number of thioether (sulfide) groups is 1. The van der Waals surface area contributed by atoms with Crippen molar-refractivity contribution in [1.29, 1.82) is 0 Å². The number of ketones is 1. The van der Waals surface area contributed by atoms with E-state index in [1.54, 1.807) is 36.7 Å². The minimum absolute atomic E-state index is 0.155. The van der Waals surface area contributed by atoms with Gasteiger partial charge in [0.05, 0.1) is 11.0 Å². The Morgan fingerprint density at radius 2 is 1.77 bits per heavy atom. The van der Waals surface area contributed by atoms with Crippen LogP contribution in [0.5, 0.6) is 11.6 Å². The third kappa shape index (κ3) is 3.80. The van der Waals surface area contributed by atoms with E-state index in [1.807, 2.05) is 36.0 Å². The number of carbonyl (C=O) groups excluding carboxylic acids is 1. The van der Waals surface area contributed by atoms with E-state index in [0.29, 0.717) is 28.9 Å². The fourth-order valence-electron chi connectivity index (χ4n) is 3.65. The third-order valence-corrected chi connectivity index (χ3v) is 6.28. The number of para-hydroxylation sites is 2. The van der Waals surface area contributed by atoms with Crippen LogP contribution in [-0.4, -0.2) is 37.2 Å². The molecule has 0 atom stereocenters. The van der Waals surface area contributed by atoms with Crippen LogP contribution >= 0.6 is 11.8 Å². The van der Waals surface area contributed by atoms with E-state index < -0.39 is 0 Å². The molecule has 1 aliphatic rings. The number of imidazole rings is 1. The highest BCUT2D eigenvalue weighted by molar-refractivity contribution is 7.99. The Balaban J connectivity index is 1.35. The number of carbonyl (C=O) groups is 1. The normalized spacial score (nSPS) is 14.7. The highest BCUT2D eigenvalue weighted by Gasteiger charge is 2.22. The second kappa shape index (κ2) is 8.28. The lowest BCUT2D eigenvalue weighted by Gasteiger charge is -2.22. The molecule has 6 nitrogen and oxygen atoms in total. The zero-order valence-electron chi connectivity index (χ0n) is 16.2. The molecule has 0 saturated carbocycles. The Kier molecular flexibility index (Phi) is 5.19. The van der Waals surface area contributed by atoms with Gasteiger partial charge in [-0.3, -0.25) is 9.78 Å². The number of hydrogen-bond donors (Lipinski definition) is 1. The molecule has 1 fully saturated rings. The maximum absolute atomic E-state index is 12.8. The van der Waals surface area contributed by atoms with Gasteiger partial charge in [-0.25, -0.2) is 9.97 Å². The number of nitrogens with one attached hydrogen (secondary N) is 1. The zero-order valence-corrected chi connectivity index (χ0v) is 17.1. The molecule has 7 heteroatoms. The van der Waals surface area contributed by atoms with Crippen LogP contribution < -0.4 is 4.74 Å². The van der Waals surface area contributed by atoms with Crippen molar-refractivity contribution >= 4 is 28.6 Å². The van der Waals surface area contributed by atoms with Gasteiger partial charge in [0.15, 0.2) is 5.82 Å². The number of aromatic nitrogens is 4. The molecule has 1 saturated heterocycles. The third-order valence-electron chi connectivity index (χ3n) is 5.23. The maximum atomic E-state index is 12.8. The first-order valence-electron chi connectivity index (χ1n) is 9.94. The Morgan fingerprint density at radius 1 is 1.00 bits per heavy atom. The highest BCUT2D eigenvalue weighted by atomic mass is 32.2. The van der Waals surface area contributed by atoms with Crippen LogP contribution in [0.2, 0.25) is 0 Å². The van der Waals surface area contributed by atoms with Crippen LogP contribution in [0, 0.1) is 0 Å². The van der Waals surface area contributed by atoms with E-state index >= 15 is 0 Å². The predicted octanol–water partition coefficient (Wildman–Crippen LogP) is 4.99. The fraction of sp³-hybridized carbons (Fsp3) is 0.217. The zero-order chi connectivity index (χ0) is 20.3. The molecule has 1 aliphatic heterocycles. The van der Waals surface area contributed by atoms with E-state index in [4.69, 9.17) is 4.74 Å². The molecule has 150 valence electrons. The number of fused-ring (bicyclic) bond motifs is 1. The average Bonchev–Trinajstić information content (AvgIpc) is 3.24. The first-order valence-corrected chi connectivity index (χ1v) is 11.1. The van der Waals surface area contributed by atoms with Crippen molar-refractivity contribution in [2.75, 3.05) is 11.5 Å². The van der Waals surface area contributed by atoms with Gasteiger partial charge in [0, 0.05) is 23.9 Å². The van der Waals surface area contributed by atoms with Gasteiger partial charge in [0.2, 0.25) is 11.7 Å². The molecule has 1 N–H and O–H groups in total. The number of ether oxygens (including phenoxy) is 1. The summed E-state index contributed by atoms with van der Waals surface area (Å²) in [5.41, 5.74) is 3.08. The molecular formula is C23H20N4O2S. The number of aromatic amines is 1. The molecule has 3 heterocycles. The Morgan fingerprint density at radius 3 is 2.57 bits per heavy atom. The van der Waals surface area contributed by atoms with E-state index in [2.05, 4.69) is 19.9 Å². The summed E-state index contributed by atoms with van der Waals surface area (Å²) in [5.74, 6) is 4.00. The van der Waals surface area contributed by atoms with Gasteiger partial charge in [-0.05, 0) is 60.7 Å². The summed E-state index contributed by atoms with van der Waals surface area (Å²) in [6.45, 7) is 0. The van der Waals surface area contributed by atoms with Crippen molar-refractivity contribution in [2.24, 2.45) is 0 Å². The molecule has 4 aromatic rings. The van der Waals surface area contributed by atoms with Crippen LogP contribution in [0.15, 0.2) is 60.9 Å². The number of rotatable bonds is 5. The van der Waals surface area contributed by atoms with Crippen molar-refractivity contribution < 1.29 is 9.53 Å². The SMILES string of the molecule is O=C(c1ccc(Oc2nccnc2C2CCSCC2)cc1)c1nc2ccccc2[nH]1. The fourth-order valence-corrected chi connectivity index (χ4v) is 4.76. The minimum Gasteiger partial charge on any atom is -0.437 e. The molecule has 0 bridgehead atoms. The molecule has 2 aromatic heterocycles. The van der Waals surface area contributed by atoms with Crippen molar-refractivity contribution in [3.05, 3.63) is 78.0 Å². The molecule has 2 aromatic carbocycles. The van der Waals surface area contributed by atoms with Crippen molar-refractivity contribution in [3.63, 3.8) is 0 Å². The first-order chi connectivity index (χ1) is 14.8. The van der Waals surface area contributed by atoms with Crippen LogP contribution in [0.1, 0.15) is 40.6 Å². The smallest absolute Gasteiger partial charge is 0.241 e. The minimum atomic E-state index is -0.155. The summed E-state index contributed by atoms with van der Waals surface area (Å²) >= 11 is 1.98. The summed E-state index contributed by atoms with van der Waals surface area (Å²) in [4.78, 5) is 29.2. The Bertz CT molecular complexity index is 1150. The van der Waals surface area contributed by atoms with Gasteiger partial charge in [-0.15, -0.1) is 0 Å². The van der Waals surface area contributed by atoms with Crippen LogP contribution in [-0.2, 0) is 0 Å². The second-order valence-corrected chi connectivity index (χ2v) is 8.42. The molecule has 0 radical (unpaired) electrons. The molecule has 0 spiro atoms. The number of hydrogen-bond acceptors (Lipinski definition) is 6. The van der Waals surface area contributed by atoms with Gasteiger partial charge in [-0.2, -0.15) is 11.8 Å². The first kappa shape index (κ1) is 18.8. The maximum Gasteiger partial charge on any atom is 0.241 e. The molecule has 0 amide bonds. The van der Waals surface area contributed by atoms with Crippen LogP contribution in [0.25, 0.3) is 11.0 Å². The van der Waals surface area contributed by atoms with E-state index in [-0.39, 0.29) is 5.78 Å². The quantitative estimate of drug-likeness (QED) is 0.462. The lowest BCUT2D eigenvalue weighted by atomic mass is 9.99. The summed E-state index contributed by atoms with van der Waals surface area (Å²) in [7, 11) is 0.